The molecular formula is C19H13Br2N3O2. The summed E-state index contributed by atoms with van der Waals surface area (Å²) >= 11 is 7.03. The molecule has 3 aromatic heterocycles. The van der Waals surface area contributed by atoms with Gasteiger partial charge in [0.25, 0.3) is 5.91 Å². The minimum absolute atomic E-state index is 0.240. The largest absolute Gasteiger partial charge is 0.459 e. The average molecular weight is 475 g/mol. The van der Waals surface area contributed by atoms with Gasteiger partial charge in [-0.2, -0.15) is 0 Å². The highest BCUT2D eigenvalue weighted by Crippen LogP contribution is 2.33. The average Bonchev–Trinajstić information content (AvgIpc) is 3.25. The number of rotatable bonds is 3. The van der Waals surface area contributed by atoms with Crippen LogP contribution in [0, 0.1) is 6.92 Å². The molecule has 0 aliphatic heterocycles. The predicted molar refractivity (Wildman–Crippen MR) is 107 cm³/mol. The zero-order valence-corrected chi connectivity index (χ0v) is 16.8. The number of aromatic nitrogens is 2. The highest BCUT2D eigenvalue weighted by Gasteiger charge is 2.20. The monoisotopic (exact) mass is 473 g/mol. The van der Waals surface area contributed by atoms with Crippen LogP contribution in [0.25, 0.3) is 16.9 Å². The Hall–Kier alpha value is -2.38. The topological polar surface area (TPSA) is 59.5 Å². The number of amides is 1. The van der Waals surface area contributed by atoms with Gasteiger partial charge in [-0.25, -0.2) is 4.98 Å². The SMILES string of the molecule is Cc1ccc(-c2nc3c(Br)cc(Br)cn3c2NC(=O)c2ccco2)cc1. The van der Waals surface area contributed by atoms with E-state index >= 15 is 0 Å². The number of benzene rings is 1. The number of anilines is 1. The molecular weight excluding hydrogens is 462 g/mol. The molecule has 3 heterocycles. The van der Waals surface area contributed by atoms with Crippen LogP contribution in [0.2, 0.25) is 0 Å². The Balaban J connectivity index is 1.91. The van der Waals surface area contributed by atoms with Crippen molar-refractivity contribution in [1.82, 2.24) is 9.38 Å². The Morgan fingerprint density at radius 3 is 2.65 bits per heavy atom. The van der Waals surface area contributed by atoms with Crippen LogP contribution >= 0.6 is 31.9 Å². The summed E-state index contributed by atoms with van der Waals surface area (Å²) < 4.78 is 8.72. The van der Waals surface area contributed by atoms with E-state index in [0.717, 1.165) is 20.1 Å². The lowest BCUT2D eigenvalue weighted by molar-refractivity contribution is 0.0996. The van der Waals surface area contributed by atoms with Gasteiger partial charge in [0.15, 0.2) is 11.4 Å². The third kappa shape index (κ3) is 3.08. The van der Waals surface area contributed by atoms with E-state index in [9.17, 15) is 4.79 Å². The van der Waals surface area contributed by atoms with Crippen LogP contribution in [0.1, 0.15) is 16.1 Å². The number of imidazole rings is 1. The van der Waals surface area contributed by atoms with E-state index in [1.807, 2.05) is 47.9 Å². The number of fused-ring (bicyclic) bond motifs is 1. The van der Waals surface area contributed by atoms with E-state index in [1.54, 1.807) is 12.1 Å². The minimum Gasteiger partial charge on any atom is -0.459 e. The van der Waals surface area contributed by atoms with E-state index in [1.165, 1.54) is 6.26 Å². The van der Waals surface area contributed by atoms with Gasteiger partial charge < -0.3 is 9.73 Å². The van der Waals surface area contributed by atoms with Crippen LogP contribution in [0.3, 0.4) is 0 Å². The van der Waals surface area contributed by atoms with Gasteiger partial charge in [-0.3, -0.25) is 9.20 Å². The van der Waals surface area contributed by atoms with Gasteiger partial charge in [-0.15, -0.1) is 0 Å². The summed E-state index contributed by atoms with van der Waals surface area (Å²) in [5, 5.41) is 2.93. The Bertz CT molecular complexity index is 1100. The summed E-state index contributed by atoms with van der Waals surface area (Å²) in [6.07, 6.45) is 3.33. The quantitative estimate of drug-likeness (QED) is 0.415. The Kier molecular flexibility index (Phi) is 4.42. The molecule has 0 saturated carbocycles. The lowest BCUT2D eigenvalue weighted by Gasteiger charge is -2.07. The van der Waals surface area contributed by atoms with Crippen molar-refractivity contribution in [3.8, 4) is 11.3 Å². The Labute approximate surface area is 166 Å². The van der Waals surface area contributed by atoms with Gasteiger partial charge in [0.05, 0.1) is 10.7 Å². The molecule has 7 heteroatoms. The number of nitrogens with zero attached hydrogens (tertiary/aromatic N) is 2. The number of aryl methyl sites for hydroxylation is 1. The van der Waals surface area contributed by atoms with Crippen LogP contribution in [0.15, 0.2) is 68.3 Å². The second kappa shape index (κ2) is 6.74. The van der Waals surface area contributed by atoms with Crippen molar-refractivity contribution in [3.63, 3.8) is 0 Å². The zero-order valence-electron chi connectivity index (χ0n) is 13.7. The van der Waals surface area contributed by atoms with Crippen molar-refractivity contribution >= 4 is 49.2 Å². The number of hydrogen-bond acceptors (Lipinski definition) is 3. The molecule has 0 saturated heterocycles. The molecule has 1 N–H and O–H groups in total. The number of nitrogens with one attached hydrogen (secondary N) is 1. The third-order valence-electron chi connectivity index (χ3n) is 3.94. The molecule has 0 radical (unpaired) electrons. The fourth-order valence-corrected chi connectivity index (χ4v) is 3.95. The minimum atomic E-state index is -0.332. The molecule has 0 spiro atoms. The number of carbonyl (C=O) groups excluding carboxylic acids is 1. The molecule has 4 rings (SSSR count). The van der Waals surface area contributed by atoms with Crippen molar-refractivity contribution in [1.29, 1.82) is 0 Å². The fraction of sp³-hybridized carbons (Fsp3) is 0.0526. The first-order valence-electron chi connectivity index (χ1n) is 7.82. The Morgan fingerprint density at radius 1 is 1.19 bits per heavy atom. The maximum Gasteiger partial charge on any atom is 0.292 e. The second-order valence-corrected chi connectivity index (χ2v) is 7.58. The van der Waals surface area contributed by atoms with Gasteiger partial charge >= 0.3 is 0 Å². The summed E-state index contributed by atoms with van der Waals surface area (Å²) in [4.78, 5) is 17.3. The molecule has 0 atom stereocenters. The maximum absolute atomic E-state index is 12.6. The number of halogens is 2. The van der Waals surface area contributed by atoms with Gasteiger partial charge in [-0.1, -0.05) is 29.8 Å². The van der Waals surface area contributed by atoms with Gasteiger partial charge in [0, 0.05) is 16.2 Å². The molecule has 0 unspecified atom stereocenters. The predicted octanol–water partition coefficient (Wildman–Crippen LogP) is 5.68. The highest BCUT2D eigenvalue weighted by atomic mass is 79.9. The van der Waals surface area contributed by atoms with Crippen molar-refractivity contribution in [2.45, 2.75) is 6.92 Å². The number of pyridine rings is 1. The first-order valence-corrected chi connectivity index (χ1v) is 9.40. The summed E-state index contributed by atoms with van der Waals surface area (Å²) in [6, 6.07) is 13.2. The molecule has 0 fully saturated rings. The second-order valence-electron chi connectivity index (χ2n) is 5.81. The number of carbonyl (C=O) groups is 1. The molecule has 4 aromatic rings. The first-order chi connectivity index (χ1) is 12.5. The highest BCUT2D eigenvalue weighted by molar-refractivity contribution is 9.11. The summed E-state index contributed by atoms with van der Waals surface area (Å²) in [5.41, 5.74) is 3.46. The van der Waals surface area contributed by atoms with E-state index < -0.39 is 0 Å². The van der Waals surface area contributed by atoms with Crippen LogP contribution in [0.5, 0.6) is 0 Å². The van der Waals surface area contributed by atoms with Crippen molar-refractivity contribution < 1.29 is 9.21 Å². The van der Waals surface area contributed by atoms with Crippen LogP contribution in [-0.4, -0.2) is 15.3 Å². The summed E-state index contributed by atoms with van der Waals surface area (Å²) in [6.45, 7) is 2.03. The lowest BCUT2D eigenvalue weighted by Crippen LogP contribution is -2.13. The van der Waals surface area contributed by atoms with Crippen molar-refractivity contribution in [2.24, 2.45) is 0 Å². The van der Waals surface area contributed by atoms with Crippen LogP contribution < -0.4 is 5.32 Å². The van der Waals surface area contributed by atoms with Crippen molar-refractivity contribution in [3.05, 3.63) is 75.2 Å². The zero-order chi connectivity index (χ0) is 18.3. The third-order valence-corrected chi connectivity index (χ3v) is 4.96. The molecule has 26 heavy (non-hydrogen) atoms. The van der Waals surface area contributed by atoms with E-state index in [0.29, 0.717) is 17.2 Å². The van der Waals surface area contributed by atoms with E-state index in [2.05, 4.69) is 37.2 Å². The molecule has 0 aliphatic rings. The fourth-order valence-electron chi connectivity index (χ4n) is 2.68. The molecule has 0 aliphatic carbocycles. The standard InChI is InChI=1S/C19H13Br2N3O2/c1-11-4-6-12(7-5-11)16-18(23-19(25)15-3-2-8-26-15)24-10-13(20)9-14(21)17(24)22-16/h2-10H,1H3,(H,23,25). The van der Waals surface area contributed by atoms with E-state index in [4.69, 9.17) is 9.40 Å². The number of hydrogen-bond donors (Lipinski definition) is 1. The summed E-state index contributed by atoms with van der Waals surface area (Å²) in [5.74, 6) is 0.484. The first kappa shape index (κ1) is 17.1. The lowest BCUT2D eigenvalue weighted by atomic mass is 10.1. The van der Waals surface area contributed by atoms with Crippen molar-refractivity contribution in [2.75, 3.05) is 5.32 Å². The molecule has 1 amide bonds. The van der Waals surface area contributed by atoms with Gasteiger partial charge in [0.1, 0.15) is 11.5 Å². The number of furan rings is 1. The maximum atomic E-state index is 12.6. The summed E-state index contributed by atoms with van der Waals surface area (Å²) in [7, 11) is 0. The van der Waals surface area contributed by atoms with E-state index in [-0.39, 0.29) is 11.7 Å². The van der Waals surface area contributed by atoms with Crippen LogP contribution in [0.4, 0.5) is 5.82 Å². The van der Waals surface area contributed by atoms with Gasteiger partial charge in [0.2, 0.25) is 0 Å². The van der Waals surface area contributed by atoms with Crippen LogP contribution in [-0.2, 0) is 0 Å². The molecule has 5 nitrogen and oxygen atoms in total. The smallest absolute Gasteiger partial charge is 0.292 e. The molecule has 0 bridgehead atoms. The molecule has 1 aromatic carbocycles. The van der Waals surface area contributed by atoms with Gasteiger partial charge in [-0.05, 0) is 57.0 Å². The molecule has 130 valence electrons. The Morgan fingerprint density at radius 2 is 1.96 bits per heavy atom. The normalized spacial score (nSPS) is 11.0.